The lowest BCUT2D eigenvalue weighted by molar-refractivity contribution is 0.0514. The smallest absolute Gasteiger partial charge is 0.274 e. The number of aliphatic hydroxyl groups is 1. The molecule has 3 aromatic rings. The fourth-order valence-electron chi connectivity index (χ4n) is 5.61. The van der Waals surface area contributed by atoms with E-state index in [1.165, 1.54) is 24.3 Å². The quantitative estimate of drug-likeness (QED) is 0.437. The third-order valence-corrected chi connectivity index (χ3v) is 7.39. The van der Waals surface area contributed by atoms with Gasteiger partial charge in [-0.05, 0) is 55.7 Å². The van der Waals surface area contributed by atoms with Crippen molar-refractivity contribution in [1.82, 2.24) is 19.5 Å². The molecule has 0 aliphatic heterocycles. The highest BCUT2D eigenvalue weighted by Crippen LogP contribution is 2.54. The standard InChI is InChI=1S/C24H25ClF2N6O2/c1-33-12-31-21(22(33)23(34)32-16-2-3-18(26)17(25)6-16)13-4-14-8-24(35,9-15(14)5-13)10-28-20-7-19(27)29-11-30-20/h2-3,6-7,11-15,35H,4-5,8-10H2,1H3,(H,32,34)(H,28,29,30). The zero-order valence-corrected chi connectivity index (χ0v) is 19.8. The van der Waals surface area contributed by atoms with Gasteiger partial charge in [0, 0.05) is 31.3 Å². The molecule has 2 atom stereocenters. The van der Waals surface area contributed by atoms with Gasteiger partial charge in [-0.15, -0.1) is 0 Å². The van der Waals surface area contributed by atoms with Crippen molar-refractivity contribution < 1.29 is 18.7 Å². The summed E-state index contributed by atoms with van der Waals surface area (Å²) >= 11 is 5.84. The van der Waals surface area contributed by atoms with Gasteiger partial charge in [-0.2, -0.15) is 4.39 Å². The minimum atomic E-state index is -0.909. The van der Waals surface area contributed by atoms with Crippen molar-refractivity contribution in [3.05, 3.63) is 65.1 Å². The van der Waals surface area contributed by atoms with Crippen LogP contribution in [-0.2, 0) is 7.05 Å². The van der Waals surface area contributed by atoms with E-state index in [1.54, 1.807) is 17.9 Å². The van der Waals surface area contributed by atoms with Gasteiger partial charge < -0.3 is 20.3 Å². The monoisotopic (exact) mass is 502 g/mol. The third kappa shape index (κ3) is 4.85. The molecule has 8 nitrogen and oxygen atoms in total. The number of imidazole rings is 1. The van der Waals surface area contributed by atoms with E-state index in [9.17, 15) is 18.7 Å². The van der Waals surface area contributed by atoms with E-state index in [4.69, 9.17) is 11.6 Å². The van der Waals surface area contributed by atoms with E-state index in [0.29, 0.717) is 41.9 Å². The lowest BCUT2D eigenvalue weighted by atomic mass is 9.92. The molecule has 0 saturated heterocycles. The summed E-state index contributed by atoms with van der Waals surface area (Å²) in [5.41, 5.74) is 0.676. The summed E-state index contributed by atoms with van der Waals surface area (Å²) in [6.07, 6.45) is 5.61. The SMILES string of the molecule is Cn1cnc(C2CC3CC(O)(CNc4cc(F)ncn4)CC3C2)c1C(=O)Nc1ccc(F)c(Cl)c1. The van der Waals surface area contributed by atoms with Gasteiger partial charge in [0.25, 0.3) is 5.91 Å². The van der Waals surface area contributed by atoms with Crippen LogP contribution < -0.4 is 10.6 Å². The van der Waals surface area contributed by atoms with Gasteiger partial charge in [-0.25, -0.2) is 19.3 Å². The van der Waals surface area contributed by atoms with Gasteiger partial charge in [-0.1, -0.05) is 11.6 Å². The van der Waals surface area contributed by atoms with Gasteiger partial charge in [0.15, 0.2) is 0 Å². The number of fused-ring (bicyclic) bond motifs is 1. The van der Waals surface area contributed by atoms with Crippen LogP contribution in [0.5, 0.6) is 0 Å². The average Bonchev–Trinajstić information content (AvgIpc) is 3.46. The molecule has 2 unspecified atom stereocenters. The molecular formula is C24H25ClF2N6O2. The third-order valence-electron chi connectivity index (χ3n) is 7.10. The lowest BCUT2D eigenvalue weighted by Crippen LogP contribution is -2.35. The van der Waals surface area contributed by atoms with Crippen LogP contribution in [0, 0.1) is 23.6 Å². The maximum absolute atomic E-state index is 13.5. The summed E-state index contributed by atoms with van der Waals surface area (Å²) < 4.78 is 28.4. The number of anilines is 2. The van der Waals surface area contributed by atoms with E-state index in [0.717, 1.165) is 24.9 Å². The predicted octanol–water partition coefficient (Wildman–Crippen LogP) is 4.14. The highest BCUT2D eigenvalue weighted by Gasteiger charge is 2.49. The first kappa shape index (κ1) is 23.6. The minimum absolute atomic E-state index is 0.0662. The number of rotatable bonds is 6. The topological polar surface area (TPSA) is 105 Å². The van der Waals surface area contributed by atoms with Crippen LogP contribution in [-0.4, -0.2) is 42.7 Å². The minimum Gasteiger partial charge on any atom is -0.388 e. The maximum Gasteiger partial charge on any atom is 0.274 e. The number of nitrogens with zero attached hydrogens (tertiary/aromatic N) is 4. The van der Waals surface area contributed by atoms with Crippen molar-refractivity contribution in [2.24, 2.45) is 18.9 Å². The van der Waals surface area contributed by atoms with Gasteiger partial charge in [0.2, 0.25) is 5.95 Å². The fourth-order valence-corrected chi connectivity index (χ4v) is 5.79. The molecular weight excluding hydrogens is 478 g/mol. The Labute approximate surface area is 205 Å². The number of hydrogen-bond donors (Lipinski definition) is 3. The van der Waals surface area contributed by atoms with E-state index in [2.05, 4.69) is 25.6 Å². The number of halogens is 3. The van der Waals surface area contributed by atoms with E-state index in [1.807, 2.05) is 0 Å². The largest absolute Gasteiger partial charge is 0.388 e. The molecule has 2 aliphatic rings. The molecule has 0 radical (unpaired) electrons. The second kappa shape index (κ2) is 9.16. The number of hydrogen-bond acceptors (Lipinski definition) is 6. The molecule has 2 saturated carbocycles. The summed E-state index contributed by atoms with van der Waals surface area (Å²) in [5, 5.41) is 16.8. The number of aromatic nitrogens is 4. The Hall–Kier alpha value is -3.11. The van der Waals surface area contributed by atoms with Crippen LogP contribution in [0.25, 0.3) is 0 Å². The summed E-state index contributed by atoms with van der Waals surface area (Å²) in [6.45, 7) is 0.276. The normalized spacial score (nSPS) is 25.5. The highest BCUT2D eigenvalue weighted by atomic mass is 35.5. The molecule has 2 heterocycles. The fraction of sp³-hybridized carbons (Fsp3) is 0.417. The molecule has 1 aromatic carbocycles. The first-order chi connectivity index (χ1) is 16.7. The van der Waals surface area contributed by atoms with Crippen molar-refractivity contribution in [3.63, 3.8) is 0 Å². The van der Waals surface area contributed by atoms with Crippen molar-refractivity contribution in [3.8, 4) is 0 Å². The number of aryl methyl sites for hydroxylation is 1. The lowest BCUT2D eigenvalue weighted by Gasteiger charge is -2.25. The van der Waals surface area contributed by atoms with Crippen molar-refractivity contribution in [1.29, 1.82) is 0 Å². The highest BCUT2D eigenvalue weighted by molar-refractivity contribution is 6.31. The molecule has 0 spiro atoms. The zero-order chi connectivity index (χ0) is 24.7. The summed E-state index contributed by atoms with van der Waals surface area (Å²) in [4.78, 5) is 25.0. The van der Waals surface area contributed by atoms with Crippen LogP contribution >= 0.6 is 11.6 Å². The second-order valence-corrected chi connectivity index (χ2v) is 9.98. The average molecular weight is 503 g/mol. The molecule has 5 rings (SSSR count). The number of carbonyl (C=O) groups excluding carboxylic acids is 1. The number of carbonyl (C=O) groups is 1. The van der Waals surface area contributed by atoms with Crippen LogP contribution in [0.4, 0.5) is 20.3 Å². The van der Waals surface area contributed by atoms with E-state index in [-0.39, 0.29) is 23.4 Å². The molecule has 2 fully saturated rings. The summed E-state index contributed by atoms with van der Waals surface area (Å²) in [7, 11) is 1.76. The number of benzene rings is 1. The Morgan fingerprint density at radius 3 is 2.63 bits per heavy atom. The molecule has 35 heavy (non-hydrogen) atoms. The number of nitrogens with one attached hydrogen (secondary N) is 2. The summed E-state index contributed by atoms with van der Waals surface area (Å²) in [5.74, 6) is -0.492. The molecule has 184 valence electrons. The Balaban J connectivity index is 1.24. The molecule has 1 amide bonds. The molecule has 11 heteroatoms. The van der Waals surface area contributed by atoms with Crippen molar-refractivity contribution in [2.75, 3.05) is 17.2 Å². The maximum atomic E-state index is 13.5. The van der Waals surface area contributed by atoms with Gasteiger partial charge in [0.1, 0.15) is 23.7 Å². The van der Waals surface area contributed by atoms with Crippen molar-refractivity contribution >= 4 is 29.0 Å². The van der Waals surface area contributed by atoms with Gasteiger partial charge >= 0.3 is 0 Å². The molecule has 0 bridgehead atoms. The number of amides is 1. The van der Waals surface area contributed by atoms with Crippen LogP contribution in [0.1, 0.15) is 47.8 Å². The molecule has 3 N–H and O–H groups in total. The molecule has 2 aliphatic carbocycles. The second-order valence-electron chi connectivity index (χ2n) is 9.57. The Bertz CT molecular complexity index is 1250. The van der Waals surface area contributed by atoms with E-state index >= 15 is 0 Å². The Morgan fingerprint density at radius 1 is 1.20 bits per heavy atom. The van der Waals surface area contributed by atoms with Crippen LogP contribution in [0.15, 0.2) is 36.9 Å². The van der Waals surface area contributed by atoms with Crippen molar-refractivity contribution in [2.45, 2.75) is 37.2 Å². The Kier molecular flexibility index (Phi) is 6.18. The summed E-state index contributed by atoms with van der Waals surface area (Å²) in [6, 6.07) is 5.23. The first-order valence-electron chi connectivity index (χ1n) is 11.4. The van der Waals surface area contributed by atoms with Crippen LogP contribution in [0.2, 0.25) is 5.02 Å². The Morgan fingerprint density at radius 2 is 1.94 bits per heavy atom. The van der Waals surface area contributed by atoms with Crippen LogP contribution in [0.3, 0.4) is 0 Å². The van der Waals surface area contributed by atoms with Gasteiger partial charge in [0.05, 0.1) is 22.6 Å². The predicted molar refractivity (Wildman–Crippen MR) is 126 cm³/mol. The van der Waals surface area contributed by atoms with Gasteiger partial charge in [-0.3, -0.25) is 4.79 Å². The van der Waals surface area contributed by atoms with E-state index < -0.39 is 17.4 Å². The zero-order valence-electron chi connectivity index (χ0n) is 19.0. The first-order valence-corrected chi connectivity index (χ1v) is 11.8. The molecule has 2 aromatic heterocycles.